The smallest absolute Gasteiger partial charge is 0.230 e. The second-order valence-electron chi connectivity index (χ2n) is 5.43. The quantitative estimate of drug-likeness (QED) is 0.664. The second kappa shape index (κ2) is 9.32. The molecule has 0 saturated carbocycles. The Hall–Kier alpha value is -0.650. The molecule has 0 bridgehead atoms. The minimum atomic E-state index is -0.117. The lowest BCUT2D eigenvalue weighted by Crippen LogP contribution is -2.50. The number of ether oxygens (including phenoxy) is 1. The molecule has 0 aromatic rings. The summed E-state index contributed by atoms with van der Waals surface area (Å²) in [7, 11) is 0. The first-order valence-corrected chi connectivity index (χ1v) is 7.91. The number of hydrogen-bond donors (Lipinski definition) is 2. The van der Waals surface area contributed by atoms with Gasteiger partial charge in [0.1, 0.15) is 0 Å². The number of amides is 1. The van der Waals surface area contributed by atoms with Crippen LogP contribution in [0.2, 0.25) is 0 Å². The summed E-state index contributed by atoms with van der Waals surface area (Å²) < 4.78 is 5.49. The Labute approximate surface area is 122 Å². The highest BCUT2D eigenvalue weighted by Gasteiger charge is 2.37. The molecule has 1 rings (SSSR count). The summed E-state index contributed by atoms with van der Waals surface area (Å²) in [6, 6.07) is 0.320. The average Bonchev–Trinajstić information content (AvgIpc) is 2.93. The molecule has 1 aliphatic heterocycles. The van der Waals surface area contributed by atoms with E-state index in [1.165, 1.54) is 0 Å². The van der Waals surface area contributed by atoms with Gasteiger partial charge in [-0.1, -0.05) is 20.8 Å². The van der Waals surface area contributed by atoms with Crippen LogP contribution in [0.4, 0.5) is 0 Å². The molecule has 5 heteroatoms. The van der Waals surface area contributed by atoms with Crippen LogP contribution in [0.5, 0.6) is 0 Å². The minimum absolute atomic E-state index is 0.0167. The third-order valence-corrected chi connectivity index (χ3v) is 4.06. The fraction of sp³-hybridized carbons (Fsp3) is 0.933. The van der Waals surface area contributed by atoms with E-state index >= 15 is 0 Å². The van der Waals surface area contributed by atoms with Gasteiger partial charge in [-0.15, -0.1) is 0 Å². The molecule has 2 N–H and O–H groups in total. The van der Waals surface area contributed by atoms with E-state index in [1.54, 1.807) is 0 Å². The van der Waals surface area contributed by atoms with Gasteiger partial charge in [0.25, 0.3) is 0 Å². The molecule has 0 aromatic carbocycles. The third kappa shape index (κ3) is 4.43. The average molecular weight is 286 g/mol. The van der Waals surface area contributed by atoms with E-state index in [9.17, 15) is 9.90 Å². The monoisotopic (exact) mass is 286 g/mol. The Morgan fingerprint density at radius 3 is 2.60 bits per heavy atom. The Morgan fingerprint density at radius 1 is 1.35 bits per heavy atom. The lowest BCUT2D eigenvalue weighted by atomic mass is 9.99. The van der Waals surface area contributed by atoms with Crippen LogP contribution in [0, 0.1) is 5.92 Å². The number of nitrogens with zero attached hydrogens (tertiary/aromatic N) is 1. The zero-order valence-corrected chi connectivity index (χ0v) is 13.1. The van der Waals surface area contributed by atoms with E-state index in [4.69, 9.17) is 4.74 Å². The van der Waals surface area contributed by atoms with Crippen molar-refractivity contribution < 1.29 is 14.6 Å². The third-order valence-electron chi connectivity index (χ3n) is 4.06. The summed E-state index contributed by atoms with van der Waals surface area (Å²) >= 11 is 0. The molecule has 0 aliphatic carbocycles. The zero-order chi connectivity index (χ0) is 15.0. The molecule has 2 unspecified atom stereocenters. The molecule has 1 saturated heterocycles. The van der Waals surface area contributed by atoms with Gasteiger partial charge in [0.15, 0.2) is 0 Å². The van der Waals surface area contributed by atoms with Gasteiger partial charge >= 0.3 is 0 Å². The van der Waals surface area contributed by atoms with Crippen LogP contribution < -0.4 is 5.32 Å². The minimum Gasteiger partial charge on any atom is -0.395 e. The first-order valence-electron chi connectivity index (χ1n) is 7.91. The maximum Gasteiger partial charge on any atom is 0.230 e. The maximum atomic E-state index is 12.8. The maximum absolute atomic E-state index is 12.8. The highest BCUT2D eigenvalue weighted by molar-refractivity contribution is 5.80. The summed E-state index contributed by atoms with van der Waals surface area (Å²) in [5.41, 5.74) is 0. The van der Waals surface area contributed by atoms with Crippen LogP contribution in [0.1, 0.15) is 40.0 Å². The second-order valence-corrected chi connectivity index (χ2v) is 5.43. The number of nitrogens with one attached hydrogen (secondary N) is 1. The fourth-order valence-corrected chi connectivity index (χ4v) is 2.85. The van der Waals surface area contributed by atoms with E-state index in [0.717, 1.165) is 25.8 Å². The van der Waals surface area contributed by atoms with E-state index in [-0.39, 0.29) is 30.5 Å². The van der Waals surface area contributed by atoms with Crippen molar-refractivity contribution in [1.82, 2.24) is 10.2 Å². The van der Waals surface area contributed by atoms with Gasteiger partial charge < -0.3 is 20.1 Å². The van der Waals surface area contributed by atoms with Crippen molar-refractivity contribution in [3.8, 4) is 0 Å². The van der Waals surface area contributed by atoms with Gasteiger partial charge in [0.05, 0.1) is 25.7 Å². The van der Waals surface area contributed by atoms with Gasteiger partial charge in [0, 0.05) is 18.6 Å². The molecule has 1 fully saturated rings. The Kier molecular flexibility index (Phi) is 8.11. The van der Waals surface area contributed by atoms with E-state index in [0.29, 0.717) is 19.8 Å². The molecule has 20 heavy (non-hydrogen) atoms. The molecule has 1 heterocycles. The standard InChI is InChI=1S/C15H30N2O3/c1-4-7-16-14-11-20-10-13(14)15(19)17(8-9-18)12(5-2)6-3/h12-14,16,18H,4-11H2,1-3H3. The predicted molar refractivity (Wildman–Crippen MR) is 79.6 cm³/mol. The molecular weight excluding hydrogens is 256 g/mol. The zero-order valence-electron chi connectivity index (χ0n) is 13.1. The normalized spacial score (nSPS) is 22.4. The van der Waals surface area contributed by atoms with Crippen molar-refractivity contribution in [2.75, 3.05) is 32.9 Å². The number of aliphatic hydroxyl groups excluding tert-OH is 1. The van der Waals surface area contributed by atoms with Crippen LogP contribution >= 0.6 is 0 Å². The van der Waals surface area contributed by atoms with Crippen molar-refractivity contribution in [3.05, 3.63) is 0 Å². The summed E-state index contributed by atoms with van der Waals surface area (Å²) in [6.07, 6.45) is 2.88. The molecule has 0 radical (unpaired) electrons. The highest BCUT2D eigenvalue weighted by atomic mass is 16.5. The van der Waals surface area contributed by atoms with Gasteiger partial charge in [-0.25, -0.2) is 0 Å². The molecule has 5 nitrogen and oxygen atoms in total. The highest BCUT2D eigenvalue weighted by Crippen LogP contribution is 2.20. The molecule has 1 aliphatic rings. The largest absolute Gasteiger partial charge is 0.395 e. The van der Waals surface area contributed by atoms with E-state index < -0.39 is 0 Å². The van der Waals surface area contributed by atoms with Gasteiger partial charge in [-0.3, -0.25) is 4.79 Å². The number of rotatable bonds is 9. The summed E-state index contributed by atoms with van der Waals surface area (Å²) in [6.45, 7) is 8.72. The van der Waals surface area contributed by atoms with Crippen molar-refractivity contribution in [1.29, 1.82) is 0 Å². The van der Waals surface area contributed by atoms with Crippen LogP contribution in [0.15, 0.2) is 0 Å². The lowest BCUT2D eigenvalue weighted by Gasteiger charge is -2.33. The Bertz CT molecular complexity index is 282. The summed E-state index contributed by atoms with van der Waals surface area (Å²) in [5, 5.41) is 12.6. The van der Waals surface area contributed by atoms with Crippen LogP contribution in [-0.4, -0.2) is 60.9 Å². The predicted octanol–water partition coefficient (Wildman–Crippen LogP) is 1.01. The summed E-state index contributed by atoms with van der Waals surface area (Å²) in [4.78, 5) is 14.6. The van der Waals surface area contributed by atoms with Gasteiger partial charge in [0.2, 0.25) is 5.91 Å². The fourth-order valence-electron chi connectivity index (χ4n) is 2.85. The molecular formula is C15H30N2O3. The first-order chi connectivity index (χ1) is 9.69. The lowest BCUT2D eigenvalue weighted by molar-refractivity contribution is -0.139. The molecule has 1 amide bonds. The van der Waals surface area contributed by atoms with Crippen LogP contribution in [0.3, 0.4) is 0 Å². The van der Waals surface area contributed by atoms with Crippen LogP contribution in [-0.2, 0) is 9.53 Å². The molecule has 0 spiro atoms. The van der Waals surface area contributed by atoms with Crippen molar-refractivity contribution in [3.63, 3.8) is 0 Å². The Morgan fingerprint density at radius 2 is 2.05 bits per heavy atom. The van der Waals surface area contributed by atoms with Crippen molar-refractivity contribution in [2.24, 2.45) is 5.92 Å². The van der Waals surface area contributed by atoms with Gasteiger partial charge in [-0.2, -0.15) is 0 Å². The molecule has 2 atom stereocenters. The van der Waals surface area contributed by atoms with E-state index in [2.05, 4.69) is 26.1 Å². The number of carbonyl (C=O) groups is 1. The topological polar surface area (TPSA) is 61.8 Å². The number of aliphatic hydroxyl groups is 1. The van der Waals surface area contributed by atoms with E-state index in [1.807, 2.05) is 4.90 Å². The molecule has 118 valence electrons. The van der Waals surface area contributed by atoms with Crippen molar-refractivity contribution >= 4 is 5.91 Å². The SMILES string of the molecule is CCCNC1COCC1C(=O)N(CCO)C(CC)CC. The number of carbonyl (C=O) groups excluding carboxylic acids is 1. The summed E-state index contributed by atoms with van der Waals surface area (Å²) in [5.74, 6) is 0.00699. The number of hydrogen-bond acceptors (Lipinski definition) is 4. The molecule has 0 aromatic heterocycles. The Balaban J connectivity index is 2.71. The van der Waals surface area contributed by atoms with Crippen LogP contribution in [0.25, 0.3) is 0 Å². The first kappa shape index (κ1) is 17.4. The van der Waals surface area contributed by atoms with Gasteiger partial charge in [-0.05, 0) is 25.8 Å². The van der Waals surface area contributed by atoms with Crippen molar-refractivity contribution in [2.45, 2.75) is 52.1 Å².